The van der Waals surface area contributed by atoms with E-state index in [1.54, 1.807) is 24.3 Å². The zero-order valence-electron chi connectivity index (χ0n) is 10.9. The summed E-state index contributed by atoms with van der Waals surface area (Å²) < 4.78 is 26.3. The SMILES string of the molecule is Oc1cccc2ccc(/C=C/c3ccc(F)cc3F)nc12. The number of phenolic OH excluding ortho intramolecular Hbond substituents is 1. The molecule has 1 aromatic heterocycles. The molecule has 0 aliphatic heterocycles. The van der Waals surface area contributed by atoms with Crippen LogP contribution >= 0.6 is 0 Å². The van der Waals surface area contributed by atoms with Crippen LogP contribution in [0.15, 0.2) is 48.5 Å². The van der Waals surface area contributed by atoms with Crippen molar-refractivity contribution >= 4 is 23.1 Å². The molecule has 0 saturated carbocycles. The van der Waals surface area contributed by atoms with Crippen LogP contribution in [-0.4, -0.2) is 10.1 Å². The molecule has 3 aromatic rings. The molecule has 0 fully saturated rings. The molecular weight excluding hydrogens is 272 g/mol. The first-order valence-electron chi connectivity index (χ1n) is 6.35. The number of fused-ring (bicyclic) bond motifs is 1. The van der Waals surface area contributed by atoms with E-state index >= 15 is 0 Å². The minimum Gasteiger partial charge on any atom is -0.506 e. The molecule has 2 nitrogen and oxygen atoms in total. The van der Waals surface area contributed by atoms with Crippen molar-refractivity contribution in [3.8, 4) is 5.75 Å². The summed E-state index contributed by atoms with van der Waals surface area (Å²) in [4.78, 5) is 4.30. The van der Waals surface area contributed by atoms with Crippen molar-refractivity contribution < 1.29 is 13.9 Å². The molecule has 0 bridgehead atoms. The standard InChI is InChI=1S/C17H11F2NO/c18-13-7-4-11(15(19)10-13)5-8-14-9-6-12-2-1-3-16(21)17(12)20-14/h1-10,21H/b8-5+. The van der Waals surface area contributed by atoms with Gasteiger partial charge in [0.05, 0.1) is 5.69 Å². The van der Waals surface area contributed by atoms with Crippen LogP contribution in [0.5, 0.6) is 5.75 Å². The van der Waals surface area contributed by atoms with Gasteiger partial charge in [-0.3, -0.25) is 0 Å². The van der Waals surface area contributed by atoms with Gasteiger partial charge in [-0.1, -0.05) is 18.2 Å². The van der Waals surface area contributed by atoms with Crippen LogP contribution in [0.4, 0.5) is 8.78 Å². The number of aromatic nitrogens is 1. The van der Waals surface area contributed by atoms with Gasteiger partial charge >= 0.3 is 0 Å². The maximum Gasteiger partial charge on any atom is 0.141 e. The average Bonchev–Trinajstić information content (AvgIpc) is 2.47. The smallest absolute Gasteiger partial charge is 0.141 e. The maximum absolute atomic E-state index is 13.5. The fourth-order valence-corrected chi connectivity index (χ4v) is 2.05. The Morgan fingerprint density at radius 1 is 0.952 bits per heavy atom. The highest BCUT2D eigenvalue weighted by molar-refractivity contribution is 5.85. The van der Waals surface area contributed by atoms with Gasteiger partial charge in [0.15, 0.2) is 0 Å². The Labute approximate surface area is 120 Å². The molecule has 0 amide bonds. The van der Waals surface area contributed by atoms with Crippen molar-refractivity contribution in [1.82, 2.24) is 4.98 Å². The Bertz CT molecular complexity index is 843. The molecule has 0 aliphatic carbocycles. The number of para-hydroxylation sites is 1. The summed E-state index contributed by atoms with van der Waals surface area (Å²) in [5.41, 5.74) is 1.34. The topological polar surface area (TPSA) is 33.1 Å². The van der Waals surface area contributed by atoms with Crippen LogP contribution in [0, 0.1) is 11.6 Å². The summed E-state index contributed by atoms with van der Waals surface area (Å²) in [6.45, 7) is 0. The normalized spacial score (nSPS) is 11.3. The fourth-order valence-electron chi connectivity index (χ4n) is 2.05. The number of halogens is 2. The lowest BCUT2D eigenvalue weighted by atomic mass is 10.1. The van der Waals surface area contributed by atoms with Gasteiger partial charge in [0.1, 0.15) is 22.9 Å². The number of aromatic hydroxyl groups is 1. The average molecular weight is 283 g/mol. The number of benzene rings is 2. The van der Waals surface area contributed by atoms with Gasteiger partial charge in [-0.05, 0) is 36.4 Å². The largest absolute Gasteiger partial charge is 0.506 e. The van der Waals surface area contributed by atoms with Gasteiger partial charge in [0.25, 0.3) is 0 Å². The van der Waals surface area contributed by atoms with Crippen LogP contribution in [-0.2, 0) is 0 Å². The van der Waals surface area contributed by atoms with E-state index in [1.165, 1.54) is 18.2 Å². The fraction of sp³-hybridized carbons (Fsp3) is 0. The first-order chi connectivity index (χ1) is 10.1. The van der Waals surface area contributed by atoms with E-state index in [9.17, 15) is 13.9 Å². The highest BCUT2D eigenvalue weighted by atomic mass is 19.1. The molecule has 0 aliphatic rings. The molecule has 104 valence electrons. The number of phenols is 1. The monoisotopic (exact) mass is 283 g/mol. The molecule has 0 saturated heterocycles. The Kier molecular flexibility index (Phi) is 3.36. The van der Waals surface area contributed by atoms with Crippen LogP contribution in [0.2, 0.25) is 0 Å². The number of rotatable bonds is 2. The van der Waals surface area contributed by atoms with Crippen molar-refractivity contribution in [1.29, 1.82) is 0 Å². The first kappa shape index (κ1) is 13.2. The third-order valence-corrected chi connectivity index (χ3v) is 3.12. The third-order valence-electron chi connectivity index (χ3n) is 3.12. The van der Waals surface area contributed by atoms with Crippen molar-refractivity contribution in [2.45, 2.75) is 0 Å². The first-order valence-corrected chi connectivity index (χ1v) is 6.35. The van der Waals surface area contributed by atoms with Gasteiger partial charge in [-0.15, -0.1) is 0 Å². The molecule has 1 heterocycles. The van der Waals surface area contributed by atoms with Gasteiger partial charge in [0.2, 0.25) is 0 Å². The molecule has 0 atom stereocenters. The molecule has 0 spiro atoms. The lowest BCUT2D eigenvalue weighted by Gasteiger charge is -2.01. The van der Waals surface area contributed by atoms with E-state index in [2.05, 4.69) is 4.98 Å². The second-order valence-corrected chi connectivity index (χ2v) is 4.58. The summed E-state index contributed by atoms with van der Waals surface area (Å²) in [5, 5.41) is 10.6. The second kappa shape index (κ2) is 5.32. The van der Waals surface area contributed by atoms with Crippen LogP contribution < -0.4 is 0 Å². The molecule has 4 heteroatoms. The summed E-state index contributed by atoms with van der Waals surface area (Å²) in [6, 6.07) is 12.1. The summed E-state index contributed by atoms with van der Waals surface area (Å²) in [5.74, 6) is -1.15. The van der Waals surface area contributed by atoms with E-state index in [0.717, 1.165) is 11.5 Å². The lowest BCUT2D eigenvalue weighted by molar-refractivity contribution is 0.480. The zero-order valence-corrected chi connectivity index (χ0v) is 10.9. The van der Waals surface area contributed by atoms with Gasteiger partial charge in [-0.25, -0.2) is 13.8 Å². The third kappa shape index (κ3) is 2.74. The number of pyridine rings is 1. The van der Waals surface area contributed by atoms with E-state index in [1.807, 2.05) is 12.1 Å². The zero-order chi connectivity index (χ0) is 14.8. The summed E-state index contributed by atoms with van der Waals surface area (Å²) >= 11 is 0. The molecule has 1 N–H and O–H groups in total. The highest BCUT2D eigenvalue weighted by Crippen LogP contribution is 2.23. The minimum atomic E-state index is -0.630. The Morgan fingerprint density at radius 2 is 1.81 bits per heavy atom. The number of hydrogen-bond donors (Lipinski definition) is 1. The van der Waals surface area contributed by atoms with Crippen molar-refractivity contribution in [2.24, 2.45) is 0 Å². The second-order valence-electron chi connectivity index (χ2n) is 4.58. The van der Waals surface area contributed by atoms with E-state index in [4.69, 9.17) is 0 Å². The maximum atomic E-state index is 13.5. The molecular formula is C17H11F2NO. The molecule has 21 heavy (non-hydrogen) atoms. The Balaban J connectivity index is 1.97. The lowest BCUT2D eigenvalue weighted by Crippen LogP contribution is -1.86. The Morgan fingerprint density at radius 3 is 2.62 bits per heavy atom. The van der Waals surface area contributed by atoms with Crippen LogP contribution in [0.3, 0.4) is 0 Å². The number of hydrogen-bond acceptors (Lipinski definition) is 2. The van der Waals surface area contributed by atoms with Crippen LogP contribution in [0.1, 0.15) is 11.3 Å². The molecule has 2 aromatic carbocycles. The van der Waals surface area contributed by atoms with E-state index < -0.39 is 11.6 Å². The van der Waals surface area contributed by atoms with Gasteiger partial charge in [-0.2, -0.15) is 0 Å². The van der Waals surface area contributed by atoms with E-state index in [0.29, 0.717) is 11.2 Å². The van der Waals surface area contributed by atoms with Gasteiger partial charge in [0, 0.05) is 17.0 Å². The van der Waals surface area contributed by atoms with Crippen molar-refractivity contribution in [3.05, 3.63) is 71.4 Å². The van der Waals surface area contributed by atoms with Crippen LogP contribution in [0.25, 0.3) is 23.1 Å². The molecule has 0 unspecified atom stereocenters. The summed E-state index contributed by atoms with van der Waals surface area (Å²) in [7, 11) is 0. The highest BCUT2D eigenvalue weighted by Gasteiger charge is 2.02. The molecule has 0 radical (unpaired) electrons. The number of nitrogens with zero attached hydrogens (tertiary/aromatic N) is 1. The van der Waals surface area contributed by atoms with Crippen molar-refractivity contribution in [3.63, 3.8) is 0 Å². The minimum absolute atomic E-state index is 0.0933. The molecule has 3 rings (SSSR count). The van der Waals surface area contributed by atoms with E-state index in [-0.39, 0.29) is 11.3 Å². The van der Waals surface area contributed by atoms with Gasteiger partial charge < -0.3 is 5.11 Å². The van der Waals surface area contributed by atoms with Crippen molar-refractivity contribution in [2.75, 3.05) is 0 Å². The summed E-state index contributed by atoms with van der Waals surface area (Å²) in [6.07, 6.45) is 3.13. The predicted molar refractivity (Wildman–Crippen MR) is 78.7 cm³/mol. The predicted octanol–water partition coefficient (Wildman–Crippen LogP) is 4.39. The Hall–Kier alpha value is -2.75. The quantitative estimate of drug-likeness (QED) is 0.756.